The van der Waals surface area contributed by atoms with Crippen LogP contribution in [0.2, 0.25) is 0 Å². The molecule has 0 saturated carbocycles. The molecule has 0 aliphatic carbocycles. The molecule has 112 valence electrons. The number of hydrogen-bond donors (Lipinski definition) is 1. The van der Waals surface area contributed by atoms with Crippen molar-refractivity contribution in [1.29, 1.82) is 0 Å². The van der Waals surface area contributed by atoms with Crippen molar-refractivity contribution in [2.45, 2.75) is 38.8 Å². The number of nitrogens with one attached hydrogen (secondary N) is 1. The quantitative estimate of drug-likeness (QED) is 0.847. The molecule has 2 fully saturated rings. The number of piperazine rings is 1. The van der Waals surface area contributed by atoms with E-state index < -0.39 is 0 Å². The van der Waals surface area contributed by atoms with Crippen LogP contribution in [0.5, 0.6) is 0 Å². The van der Waals surface area contributed by atoms with E-state index in [0.717, 1.165) is 69.9 Å². The largest absolute Gasteiger partial charge is 0.338 e. The minimum atomic E-state index is 0.747. The van der Waals surface area contributed by atoms with E-state index in [1.165, 1.54) is 13.0 Å². The van der Waals surface area contributed by atoms with E-state index in [2.05, 4.69) is 32.2 Å². The minimum Gasteiger partial charge on any atom is -0.338 e. The molecule has 2 aliphatic rings. The average molecular weight is 279 g/mol. The first-order chi connectivity index (χ1) is 9.85. The van der Waals surface area contributed by atoms with Crippen molar-refractivity contribution < 1.29 is 4.52 Å². The fourth-order valence-corrected chi connectivity index (χ4v) is 3.11. The fraction of sp³-hybridized carbons (Fsp3) is 0.857. The van der Waals surface area contributed by atoms with Gasteiger partial charge in [0.15, 0.2) is 5.82 Å². The molecule has 3 rings (SSSR count). The van der Waals surface area contributed by atoms with Crippen molar-refractivity contribution in [2.24, 2.45) is 0 Å². The molecule has 6 heteroatoms. The van der Waals surface area contributed by atoms with Gasteiger partial charge in [0, 0.05) is 45.2 Å². The highest BCUT2D eigenvalue weighted by molar-refractivity contribution is 4.89. The van der Waals surface area contributed by atoms with E-state index in [9.17, 15) is 0 Å². The van der Waals surface area contributed by atoms with E-state index in [1.807, 2.05) is 0 Å². The summed E-state index contributed by atoms with van der Waals surface area (Å²) in [5.41, 5.74) is 0. The molecule has 1 aromatic rings. The van der Waals surface area contributed by atoms with Gasteiger partial charge in [-0.15, -0.1) is 0 Å². The molecule has 2 saturated heterocycles. The molecule has 1 atom stereocenters. The zero-order chi connectivity index (χ0) is 13.8. The zero-order valence-corrected chi connectivity index (χ0v) is 12.3. The number of aromatic nitrogens is 2. The molecule has 0 bridgehead atoms. The predicted molar refractivity (Wildman–Crippen MR) is 76.4 cm³/mol. The van der Waals surface area contributed by atoms with Crippen molar-refractivity contribution in [3.63, 3.8) is 0 Å². The van der Waals surface area contributed by atoms with Crippen LogP contribution >= 0.6 is 0 Å². The lowest BCUT2D eigenvalue weighted by Gasteiger charge is -2.37. The summed E-state index contributed by atoms with van der Waals surface area (Å²) in [7, 11) is 0. The summed E-state index contributed by atoms with van der Waals surface area (Å²) >= 11 is 0. The standard InChI is InChI=1S/C14H25N5O/c1-2-3-13-16-14(20-17-13)11-18-6-8-19(9-7-18)12-4-5-15-10-12/h12,15H,2-11H2,1H3. The van der Waals surface area contributed by atoms with Crippen molar-refractivity contribution in [3.05, 3.63) is 11.7 Å². The number of nitrogens with zero attached hydrogens (tertiary/aromatic N) is 4. The van der Waals surface area contributed by atoms with Crippen LogP contribution < -0.4 is 5.32 Å². The van der Waals surface area contributed by atoms with Crippen LogP contribution in [-0.2, 0) is 13.0 Å². The monoisotopic (exact) mass is 279 g/mol. The SMILES string of the molecule is CCCc1noc(CN2CCN(C3CCNC3)CC2)n1. The molecule has 1 unspecified atom stereocenters. The molecule has 1 aromatic heterocycles. The van der Waals surface area contributed by atoms with E-state index in [1.54, 1.807) is 0 Å². The van der Waals surface area contributed by atoms with Crippen LogP contribution in [0.3, 0.4) is 0 Å². The highest BCUT2D eigenvalue weighted by Crippen LogP contribution is 2.13. The minimum absolute atomic E-state index is 0.747. The number of rotatable bonds is 5. The first-order valence-corrected chi connectivity index (χ1v) is 7.83. The predicted octanol–water partition coefficient (Wildman–Crippen LogP) is 0.502. The van der Waals surface area contributed by atoms with Gasteiger partial charge in [-0.2, -0.15) is 4.98 Å². The third-order valence-corrected chi connectivity index (χ3v) is 4.30. The lowest BCUT2D eigenvalue weighted by Crippen LogP contribution is -2.50. The maximum atomic E-state index is 5.32. The fourth-order valence-electron chi connectivity index (χ4n) is 3.11. The molecule has 2 aliphatic heterocycles. The lowest BCUT2D eigenvalue weighted by molar-refractivity contribution is 0.0908. The molecule has 1 N–H and O–H groups in total. The molecule has 0 spiro atoms. The van der Waals surface area contributed by atoms with Crippen LogP contribution in [-0.4, -0.2) is 65.3 Å². The summed E-state index contributed by atoms with van der Waals surface area (Å²) in [4.78, 5) is 9.48. The van der Waals surface area contributed by atoms with Gasteiger partial charge >= 0.3 is 0 Å². The Balaban J connectivity index is 1.45. The summed E-state index contributed by atoms with van der Waals surface area (Å²) < 4.78 is 5.32. The molecular formula is C14H25N5O. The second-order valence-electron chi connectivity index (χ2n) is 5.81. The Morgan fingerprint density at radius 1 is 1.30 bits per heavy atom. The van der Waals surface area contributed by atoms with E-state index in [-0.39, 0.29) is 0 Å². The number of hydrogen-bond acceptors (Lipinski definition) is 6. The Labute approximate surface area is 120 Å². The molecule has 6 nitrogen and oxygen atoms in total. The summed E-state index contributed by atoms with van der Waals surface area (Å²) in [5.74, 6) is 1.61. The van der Waals surface area contributed by atoms with Gasteiger partial charge < -0.3 is 9.84 Å². The molecule has 0 radical (unpaired) electrons. The summed E-state index contributed by atoms with van der Waals surface area (Å²) in [6.45, 7) is 9.77. The highest BCUT2D eigenvalue weighted by Gasteiger charge is 2.26. The topological polar surface area (TPSA) is 57.4 Å². The van der Waals surface area contributed by atoms with Crippen molar-refractivity contribution in [3.8, 4) is 0 Å². The smallest absolute Gasteiger partial charge is 0.240 e. The Morgan fingerprint density at radius 3 is 2.85 bits per heavy atom. The summed E-state index contributed by atoms with van der Waals surface area (Å²) in [6, 6.07) is 0.747. The maximum Gasteiger partial charge on any atom is 0.240 e. The summed E-state index contributed by atoms with van der Waals surface area (Å²) in [5, 5.41) is 7.46. The van der Waals surface area contributed by atoms with E-state index in [0.29, 0.717) is 0 Å². The van der Waals surface area contributed by atoms with Crippen LogP contribution in [0.15, 0.2) is 4.52 Å². The van der Waals surface area contributed by atoms with Crippen LogP contribution in [0.25, 0.3) is 0 Å². The lowest BCUT2D eigenvalue weighted by atomic mass is 10.2. The van der Waals surface area contributed by atoms with Gasteiger partial charge in [-0.1, -0.05) is 12.1 Å². The van der Waals surface area contributed by atoms with Crippen LogP contribution in [0, 0.1) is 0 Å². The van der Waals surface area contributed by atoms with Gasteiger partial charge in [0.25, 0.3) is 0 Å². The van der Waals surface area contributed by atoms with Crippen LogP contribution in [0.4, 0.5) is 0 Å². The Bertz CT molecular complexity index is 407. The zero-order valence-electron chi connectivity index (χ0n) is 12.3. The number of aryl methyl sites for hydroxylation is 1. The van der Waals surface area contributed by atoms with Crippen molar-refractivity contribution >= 4 is 0 Å². The van der Waals surface area contributed by atoms with E-state index in [4.69, 9.17) is 4.52 Å². The van der Waals surface area contributed by atoms with Gasteiger partial charge in [-0.05, 0) is 19.4 Å². The Kier molecular flexibility index (Phi) is 4.65. The Hall–Kier alpha value is -0.980. The molecule has 3 heterocycles. The van der Waals surface area contributed by atoms with Crippen LogP contribution in [0.1, 0.15) is 31.5 Å². The highest BCUT2D eigenvalue weighted by atomic mass is 16.5. The second-order valence-corrected chi connectivity index (χ2v) is 5.81. The first-order valence-electron chi connectivity index (χ1n) is 7.83. The van der Waals surface area contributed by atoms with Crippen molar-refractivity contribution in [2.75, 3.05) is 39.3 Å². The summed E-state index contributed by atoms with van der Waals surface area (Å²) in [6.07, 6.45) is 3.27. The second kappa shape index (κ2) is 6.65. The molecule has 0 amide bonds. The van der Waals surface area contributed by atoms with Gasteiger partial charge in [-0.3, -0.25) is 9.80 Å². The van der Waals surface area contributed by atoms with Crippen molar-refractivity contribution in [1.82, 2.24) is 25.3 Å². The molecular weight excluding hydrogens is 254 g/mol. The molecule has 0 aromatic carbocycles. The first kappa shape index (κ1) is 14.0. The normalized spacial score (nSPS) is 25.4. The molecule has 20 heavy (non-hydrogen) atoms. The third-order valence-electron chi connectivity index (χ3n) is 4.30. The Morgan fingerprint density at radius 2 is 2.15 bits per heavy atom. The van der Waals surface area contributed by atoms with Gasteiger partial charge in [0.2, 0.25) is 5.89 Å². The van der Waals surface area contributed by atoms with E-state index >= 15 is 0 Å². The van der Waals surface area contributed by atoms with Gasteiger partial charge in [0.1, 0.15) is 0 Å². The third kappa shape index (κ3) is 3.37. The maximum absolute atomic E-state index is 5.32. The van der Waals surface area contributed by atoms with Gasteiger partial charge in [0.05, 0.1) is 6.54 Å². The average Bonchev–Trinajstić information content (AvgIpc) is 3.12. The van der Waals surface area contributed by atoms with Gasteiger partial charge in [-0.25, -0.2) is 0 Å².